The zero-order valence-corrected chi connectivity index (χ0v) is 9.55. The summed E-state index contributed by atoms with van der Waals surface area (Å²) in [6.45, 7) is 1.66. The maximum Gasteiger partial charge on any atom is 0.144 e. The van der Waals surface area contributed by atoms with Crippen molar-refractivity contribution >= 4 is 21.7 Å². The highest BCUT2D eigenvalue weighted by atomic mass is 79.9. The van der Waals surface area contributed by atoms with E-state index in [0.29, 0.717) is 0 Å². The standard InChI is InChI=1S/C9H10BrN5/c10-8-5-14-9(6-13-8)12-2-4-15-3-1-11-7-15/h1,3,5-7H,2,4H2,(H,12,14). The molecule has 2 aromatic rings. The zero-order chi connectivity index (χ0) is 10.5. The van der Waals surface area contributed by atoms with E-state index in [2.05, 4.69) is 36.2 Å². The molecular weight excluding hydrogens is 258 g/mol. The molecule has 0 bridgehead atoms. The number of hydrogen-bond acceptors (Lipinski definition) is 4. The molecule has 0 unspecified atom stereocenters. The maximum absolute atomic E-state index is 4.15. The number of rotatable bonds is 4. The van der Waals surface area contributed by atoms with Crippen molar-refractivity contribution in [3.05, 3.63) is 35.7 Å². The molecule has 0 saturated carbocycles. The van der Waals surface area contributed by atoms with Gasteiger partial charge in [-0.3, -0.25) is 0 Å². The minimum Gasteiger partial charge on any atom is -0.367 e. The first-order valence-electron chi connectivity index (χ1n) is 4.52. The SMILES string of the molecule is Brc1cnc(NCCn2ccnc2)cn1. The Hall–Kier alpha value is -1.43. The van der Waals surface area contributed by atoms with Gasteiger partial charge in [0.15, 0.2) is 0 Å². The first-order chi connectivity index (χ1) is 7.34. The molecule has 0 aliphatic heterocycles. The van der Waals surface area contributed by atoms with Crippen LogP contribution in [-0.2, 0) is 6.54 Å². The van der Waals surface area contributed by atoms with Crippen molar-refractivity contribution < 1.29 is 0 Å². The van der Waals surface area contributed by atoms with E-state index in [-0.39, 0.29) is 0 Å². The molecule has 0 radical (unpaired) electrons. The molecule has 2 heterocycles. The topological polar surface area (TPSA) is 55.6 Å². The molecular formula is C9H10BrN5. The molecule has 15 heavy (non-hydrogen) atoms. The van der Waals surface area contributed by atoms with Gasteiger partial charge in [0.1, 0.15) is 10.4 Å². The summed E-state index contributed by atoms with van der Waals surface area (Å²) < 4.78 is 2.74. The highest BCUT2D eigenvalue weighted by molar-refractivity contribution is 9.10. The molecule has 0 spiro atoms. The summed E-state index contributed by atoms with van der Waals surface area (Å²) in [7, 11) is 0. The van der Waals surface area contributed by atoms with Crippen molar-refractivity contribution in [3.63, 3.8) is 0 Å². The van der Waals surface area contributed by atoms with Gasteiger partial charge in [0.05, 0.1) is 18.7 Å². The summed E-state index contributed by atoms with van der Waals surface area (Å²) in [5.41, 5.74) is 0. The molecule has 1 N–H and O–H groups in total. The second-order valence-corrected chi connectivity index (χ2v) is 3.76. The van der Waals surface area contributed by atoms with Gasteiger partial charge in [0.25, 0.3) is 0 Å². The Morgan fingerprint density at radius 3 is 2.93 bits per heavy atom. The van der Waals surface area contributed by atoms with Crippen LogP contribution in [0.15, 0.2) is 35.7 Å². The van der Waals surface area contributed by atoms with Gasteiger partial charge in [-0.05, 0) is 15.9 Å². The Bertz CT molecular complexity index is 397. The molecule has 6 heteroatoms. The van der Waals surface area contributed by atoms with Gasteiger partial charge in [-0.25, -0.2) is 15.0 Å². The number of anilines is 1. The summed E-state index contributed by atoms with van der Waals surface area (Å²) in [4.78, 5) is 12.2. The van der Waals surface area contributed by atoms with Gasteiger partial charge in [0.2, 0.25) is 0 Å². The lowest BCUT2D eigenvalue weighted by Gasteiger charge is -2.05. The highest BCUT2D eigenvalue weighted by Gasteiger charge is 1.94. The highest BCUT2D eigenvalue weighted by Crippen LogP contribution is 2.05. The normalized spacial score (nSPS) is 10.2. The van der Waals surface area contributed by atoms with E-state index in [0.717, 1.165) is 23.5 Å². The van der Waals surface area contributed by atoms with Crippen LogP contribution in [-0.4, -0.2) is 26.1 Å². The van der Waals surface area contributed by atoms with E-state index in [1.54, 1.807) is 24.9 Å². The lowest BCUT2D eigenvalue weighted by Crippen LogP contribution is -2.10. The Balaban J connectivity index is 1.81. The van der Waals surface area contributed by atoms with Crippen molar-refractivity contribution in [2.75, 3.05) is 11.9 Å². The Morgan fingerprint density at radius 1 is 1.33 bits per heavy atom. The fourth-order valence-electron chi connectivity index (χ4n) is 1.14. The minimum atomic E-state index is 0.739. The summed E-state index contributed by atoms with van der Waals surface area (Å²) in [5.74, 6) is 0.776. The molecule has 0 amide bonds. The van der Waals surface area contributed by atoms with Gasteiger partial charge >= 0.3 is 0 Å². The van der Waals surface area contributed by atoms with E-state index >= 15 is 0 Å². The third-order valence-electron chi connectivity index (χ3n) is 1.86. The van der Waals surface area contributed by atoms with E-state index < -0.39 is 0 Å². The van der Waals surface area contributed by atoms with Crippen molar-refractivity contribution in [2.24, 2.45) is 0 Å². The molecule has 0 atom stereocenters. The van der Waals surface area contributed by atoms with Crippen LogP contribution in [0, 0.1) is 0 Å². The average Bonchev–Trinajstić information content (AvgIpc) is 2.74. The zero-order valence-electron chi connectivity index (χ0n) is 7.97. The minimum absolute atomic E-state index is 0.739. The number of hydrogen-bond donors (Lipinski definition) is 1. The number of imidazole rings is 1. The predicted molar refractivity (Wildman–Crippen MR) is 60.4 cm³/mol. The largest absolute Gasteiger partial charge is 0.367 e. The van der Waals surface area contributed by atoms with Crippen molar-refractivity contribution in [1.29, 1.82) is 0 Å². The number of halogens is 1. The van der Waals surface area contributed by atoms with E-state index in [1.807, 2.05) is 10.8 Å². The molecule has 78 valence electrons. The Labute approximate surface area is 95.7 Å². The first-order valence-corrected chi connectivity index (χ1v) is 5.31. The van der Waals surface area contributed by atoms with Gasteiger partial charge in [-0.1, -0.05) is 0 Å². The molecule has 0 aliphatic carbocycles. The number of nitrogens with one attached hydrogen (secondary N) is 1. The van der Waals surface area contributed by atoms with Crippen LogP contribution in [0.3, 0.4) is 0 Å². The maximum atomic E-state index is 4.15. The van der Waals surface area contributed by atoms with Crippen molar-refractivity contribution in [1.82, 2.24) is 19.5 Å². The number of nitrogens with zero attached hydrogens (tertiary/aromatic N) is 4. The third-order valence-corrected chi connectivity index (χ3v) is 2.27. The molecule has 2 aromatic heterocycles. The van der Waals surface area contributed by atoms with E-state index in [9.17, 15) is 0 Å². The average molecular weight is 268 g/mol. The lowest BCUT2D eigenvalue weighted by atomic mass is 10.5. The number of aromatic nitrogens is 4. The monoisotopic (exact) mass is 267 g/mol. The van der Waals surface area contributed by atoms with Crippen LogP contribution >= 0.6 is 15.9 Å². The fourth-order valence-corrected chi connectivity index (χ4v) is 1.34. The van der Waals surface area contributed by atoms with Crippen molar-refractivity contribution in [2.45, 2.75) is 6.54 Å². The molecule has 0 fully saturated rings. The summed E-state index contributed by atoms with van der Waals surface area (Å²) in [6, 6.07) is 0. The van der Waals surface area contributed by atoms with Crippen molar-refractivity contribution in [3.8, 4) is 0 Å². The molecule has 0 aromatic carbocycles. The van der Waals surface area contributed by atoms with Crippen LogP contribution in [0.2, 0.25) is 0 Å². The third kappa shape index (κ3) is 3.02. The van der Waals surface area contributed by atoms with Gasteiger partial charge in [-0.15, -0.1) is 0 Å². The summed E-state index contributed by atoms with van der Waals surface area (Å²) >= 11 is 3.23. The molecule has 5 nitrogen and oxygen atoms in total. The van der Waals surface area contributed by atoms with E-state index in [1.165, 1.54) is 0 Å². The van der Waals surface area contributed by atoms with Crippen LogP contribution in [0.5, 0.6) is 0 Å². The quantitative estimate of drug-likeness (QED) is 0.914. The smallest absolute Gasteiger partial charge is 0.144 e. The van der Waals surface area contributed by atoms with Gasteiger partial charge in [0, 0.05) is 25.5 Å². The van der Waals surface area contributed by atoms with E-state index in [4.69, 9.17) is 0 Å². The lowest BCUT2D eigenvalue weighted by molar-refractivity contribution is 0.725. The molecule has 2 rings (SSSR count). The predicted octanol–water partition coefficient (Wildman–Crippen LogP) is 1.55. The first kappa shape index (κ1) is 10.1. The fraction of sp³-hybridized carbons (Fsp3) is 0.222. The van der Waals surface area contributed by atoms with Crippen LogP contribution in [0.25, 0.3) is 0 Å². The second kappa shape index (κ2) is 4.88. The van der Waals surface area contributed by atoms with Crippen LogP contribution in [0.1, 0.15) is 0 Å². The Kier molecular flexibility index (Phi) is 3.29. The van der Waals surface area contributed by atoms with Crippen LogP contribution < -0.4 is 5.32 Å². The Morgan fingerprint density at radius 2 is 2.27 bits per heavy atom. The van der Waals surface area contributed by atoms with Gasteiger partial charge < -0.3 is 9.88 Å². The molecule has 0 saturated heterocycles. The summed E-state index contributed by atoms with van der Waals surface area (Å²) in [6.07, 6.45) is 8.83. The van der Waals surface area contributed by atoms with Crippen LogP contribution in [0.4, 0.5) is 5.82 Å². The second-order valence-electron chi connectivity index (χ2n) is 2.95. The molecule has 0 aliphatic rings. The van der Waals surface area contributed by atoms with Gasteiger partial charge in [-0.2, -0.15) is 0 Å². The summed E-state index contributed by atoms with van der Waals surface area (Å²) in [5, 5.41) is 3.17.